The zero-order valence-corrected chi connectivity index (χ0v) is 10.4. The number of carbonyl (C=O) groups excluding carboxylic acids is 1. The molecule has 0 aliphatic carbocycles. The predicted molar refractivity (Wildman–Crippen MR) is 67.5 cm³/mol. The number of nitrogens with two attached hydrogens (primary N) is 1. The van der Waals surface area contributed by atoms with Crippen molar-refractivity contribution in [2.75, 3.05) is 12.3 Å². The monoisotopic (exact) mass is 233 g/mol. The largest absolute Gasteiger partial charge is 0.384 e. The number of nitrogen functional groups attached to an aromatic ring is 1. The van der Waals surface area contributed by atoms with Crippen LogP contribution >= 0.6 is 0 Å². The van der Waals surface area contributed by atoms with E-state index >= 15 is 0 Å². The highest BCUT2D eigenvalue weighted by molar-refractivity contribution is 5.92. The summed E-state index contributed by atoms with van der Waals surface area (Å²) in [6.07, 6.45) is 2.13. The average molecular weight is 233 g/mol. The van der Waals surface area contributed by atoms with Gasteiger partial charge in [0.15, 0.2) is 0 Å². The molecule has 4 heteroatoms. The third-order valence-corrected chi connectivity index (χ3v) is 3.39. The Labute approximate surface area is 102 Å². The second-order valence-corrected chi connectivity index (χ2v) is 4.92. The first kappa shape index (κ1) is 11.9. The van der Waals surface area contributed by atoms with Crippen LogP contribution in [0.25, 0.3) is 0 Å². The van der Waals surface area contributed by atoms with Crippen LogP contribution in [0.3, 0.4) is 0 Å². The van der Waals surface area contributed by atoms with Crippen LogP contribution in [-0.4, -0.2) is 28.4 Å². The zero-order chi connectivity index (χ0) is 12.4. The molecule has 2 N–H and O–H groups in total. The van der Waals surface area contributed by atoms with Crippen molar-refractivity contribution in [1.29, 1.82) is 0 Å². The van der Waals surface area contributed by atoms with E-state index < -0.39 is 0 Å². The van der Waals surface area contributed by atoms with Crippen molar-refractivity contribution < 1.29 is 4.79 Å². The minimum atomic E-state index is -0.00306. The SMILES string of the molecule is C[C@@H]1CCN(C(=O)c2cccc(N)n2)[C@H](C)C1. The van der Waals surface area contributed by atoms with Crippen molar-refractivity contribution in [2.45, 2.75) is 32.7 Å². The van der Waals surface area contributed by atoms with Crippen LogP contribution in [0.2, 0.25) is 0 Å². The maximum atomic E-state index is 12.3. The summed E-state index contributed by atoms with van der Waals surface area (Å²) in [6, 6.07) is 5.48. The molecule has 1 aliphatic rings. The van der Waals surface area contributed by atoms with Crippen LogP contribution in [0.5, 0.6) is 0 Å². The van der Waals surface area contributed by atoms with Crippen LogP contribution in [0.1, 0.15) is 37.2 Å². The molecule has 2 atom stereocenters. The number of amides is 1. The maximum absolute atomic E-state index is 12.3. The van der Waals surface area contributed by atoms with Crippen LogP contribution in [-0.2, 0) is 0 Å². The van der Waals surface area contributed by atoms with Crippen LogP contribution < -0.4 is 5.73 Å². The number of rotatable bonds is 1. The van der Waals surface area contributed by atoms with Crippen LogP contribution in [0, 0.1) is 5.92 Å². The van der Waals surface area contributed by atoms with Crippen molar-refractivity contribution in [3.05, 3.63) is 23.9 Å². The molecule has 0 saturated carbocycles. The Morgan fingerprint density at radius 3 is 2.88 bits per heavy atom. The summed E-state index contributed by atoms with van der Waals surface area (Å²) in [5.74, 6) is 1.09. The highest BCUT2D eigenvalue weighted by Crippen LogP contribution is 2.23. The second-order valence-electron chi connectivity index (χ2n) is 4.92. The molecule has 1 aromatic rings. The number of nitrogens with zero attached hydrogens (tertiary/aromatic N) is 2. The van der Waals surface area contributed by atoms with Gasteiger partial charge < -0.3 is 10.6 Å². The molecular formula is C13H19N3O. The van der Waals surface area contributed by atoms with Crippen molar-refractivity contribution in [3.63, 3.8) is 0 Å². The lowest BCUT2D eigenvalue weighted by atomic mass is 9.93. The maximum Gasteiger partial charge on any atom is 0.272 e. The average Bonchev–Trinajstić information content (AvgIpc) is 2.28. The van der Waals surface area contributed by atoms with E-state index in [9.17, 15) is 4.79 Å². The van der Waals surface area contributed by atoms with Gasteiger partial charge in [-0.2, -0.15) is 0 Å². The minimum Gasteiger partial charge on any atom is -0.384 e. The number of anilines is 1. The molecule has 0 aromatic carbocycles. The van der Waals surface area contributed by atoms with Gasteiger partial charge in [-0.15, -0.1) is 0 Å². The molecular weight excluding hydrogens is 214 g/mol. The molecule has 1 aliphatic heterocycles. The predicted octanol–water partition coefficient (Wildman–Crippen LogP) is 1.92. The second kappa shape index (κ2) is 4.73. The summed E-state index contributed by atoms with van der Waals surface area (Å²) < 4.78 is 0. The van der Waals surface area contributed by atoms with E-state index in [-0.39, 0.29) is 11.9 Å². The van der Waals surface area contributed by atoms with Gasteiger partial charge in [0.2, 0.25) is 0 Å². The first-order valence-corrected chi connectivity index (χ1v) is 6.11. The zero-order valence-electron chi connectivity index (χ0n) is 10.4. The Balaban J connectivity index is 2.15. The number of carbonyl (C=O) groups is 1. The van der Waals surface area contributed by atoms with Gasteiger partial charge in [0, 0.05) is 12.6 Å². The Hall–Kier alpha value is -1.58. The molecule has 1 fully saturated rings. The fourth-order valence-corrected chi connectivity index (χ4v) is 2.43. The molecule has 1 aromatic heterocycles. The molecule has 1 amide bonds. The summed E-state index contributed by atoms with van der Waals surface area (Å²) in [7, 11) is 0. The summed E-state index contributed by atoms with van der Waals surface area (Å²) >= 11 is 0. The van der Waals surface area contributed by atoms with Crippen molar-refractivity contribution in [1.82, 2.24) is 9.88 Å². The molecule has 17 heavy (non-hydrogen) atoms. The molecule has 0 unspecified atom stereocenters. The Kier molecular flexibility index (Phi) is 3.31. The molecule has 0 bridgehead atoms. The summed E-state index contributed by atoms with van der Waals surface area (Å²) in [6.45, 7) is 5.15. The van der Waals surface area contributed by atoms with Gasteiger partial charge in [0.05, 0.1) is 0 Å². The van der Waals surface area contributed by atoms with Crippen molar-refractivity contribution in [2.24, 2.45) is 5.92 Å². The van der Waals surface area contributed by atoms with E-state index in [0.717, 1.165) is 19.4 Å². The summed E-state index contributed by atoms with van der Waals surface area (Å²) in [4.78, 5) is 18.3. The molecule has 0 spiro atoms. The van der Waals surface area contributed by atoms with Crippen LogP contribution in [0.4, 0.5) is 5.82 Å². The fraction of sp³-hybridized carbons (Fsp3) is 0.538. The summed E-state index contributed by atoms with van der Waals surface area (Å²) in [5, 5.41) is 0. The summed E-state index contributed by atoms with van der Waals surface area (Å²) in [5.41, 5.74) is 6.05. The lowest BCUT2D eigenvalue weighted by Crippen LogP contribution is -2.44. The van der Waals surface area contributed by atoms with Gasteiger partial charge >= 0.3 is 0 Å². The molecule has 4 nitrogen and oxygen atoms in total. The lowest BCUT2D eigenvalue weighted by Gasteiger charge is -2.36. The van der Waals surface area contributed by atoms with Gasteiger partial charge in [-0.1, -0.05) is 13.0 Å². The topological polar surface area (TPSA) is 59.2 Å². The first-order valence-electron chi connectivity index (χ1n) is 6.11. The van der Waals surface area contributed by atoms with Crippen LogP contribution in [0.15, 0.2) is 18.2 Å². The molecule has 2 heterocycles. The molecule has 2 rings (SSSR count). The number of aromatic nitrogens is 1. The van der Waals surface area contributed by atoms with Gasteiger partial charge in [-0.25, -0.2) is 4.98 Å². The third-order valence-electron chi connectivity index (χ3n) is 3.39. The highest BCUT2D eigenvalue weighted by atomic mass is 16.2. The van der Waals surface area contributed by atoms with E-state index in [4.69, 9.17) is 5.73 Å². The first-order chi connectivity index (χ1) is 8.08. The van der Waals surface area contributed by atoms with E-state index in [0.29, 0.717) is 17.4 Å². The number of hydrogen-bond donors (Lipinski definition) is 1. The Bertz CT molecular complexity index is 419. The Morgan fingerprint density at radius 1 is 1.47 bits per heavy atom. The standard InChI is InChI=1S/C13H19N3O/c1-9-6-7-16(10(2)8-9)13(17)11-4-3-5-12(14)15-11/h3-5,9-10H,6-8H2,1-2H3,(H2,14,15)/t9-,10-/m1/s1. The van der Waals surface area contributed by atoms with E-state index in [1.165, 1.54) is 0 Å². The van der Waals surface area contributed by atoms with Gasteiger partial charge in [-0.05, 0) is 37.8 Å². The quantitative estimate of drug-likeness (QED) is 0.806. The number of likely N-dealkylation sites (tertiary alicyclic amines) is 1. The number of pyridine rings is 1. The van der Waals surface area contributed by atoms with Gasteiger partial charge in [0.1, 0.15) is 11.5 Å². The lowest BCUT2D eigenvalue weighted by molar-refractivity contribution is 0.0583. The molecule has 0 radical (unpaired) electrons. The normalized spacial score (nSPS) is 24.7. The van der Waals surface area contributed by atoms with Crippen molar-refractivity contribution >= 4 is 11.7 Å². The third kappa shape index (κ3) is 2.57. The smallest absolute Gasteiger partial charge is 0.272 e. The minimum absolute atomic E-state index is 0.00306. The Morgan fingerprint density at radius 2 is 2.24 bits per heavy atom. The highest BCUT2D eigenvalue weighted by Gasteiger charge is 2.27. The van der Waals surface area contributed by atoms with E-state index in [2.05, 4.69) is 18.8 Å². The van der Waals surface area contributed by atoms with E-state index in [1.54, 1.807) is 18.2 Å². The van der Waals surface area contributed by atoms with Crippen molar-refractivity contribution in [3.8, 4) is 0 Å². The number of hydrogen-bond acceptors (Lipinski definition) is 3. The fourth-order valence-electron chi connectivity index (χ4n) is 2.43. The van der Waals surface area contributed by atoms with E-state index in [1.807, 2.05) is 4.90 Å². The van der Waals surface area contributed by atoms with Gasteiger partial charge in [0.25, 0.3) is 5.91 Å². The molecule has 1 saturated heterocycles. The van der Waals surface area contributed by atoms with Gasteiger partial charge in [-0.3, -0.25) is 4.79 Å². The number of piperidine rings is 1. The molecule has 92 valence electrons.